The van der Waals surface area contributed by atoms with Crippen molar-refractivity contribution >= 4 is 23.4 Å². The number of halogens is 1. The van der Waals surface area contributed by atoms with Crippen LogP contribution in [0.15, 0.2) is 18.3 Å². The fourth-order valence-corrected chi connectivity index (χ4v) is 6.09. The lowest BCUT2D eigenvalue weighted by Crippen LogP contribution is -2.56. The summed E-state index contributed by atoms with van der Waals surface area (Å²) >= 11 is 5.87. The van der Waals surface area contributed by atoms with Gasteiger partial charge in [0, 0.05) is 17.3 Å². The maximum Gasteiger partial charge on any atom is 0.270 e. The molecule has 26 heavy (non-hydrogen) atoms. The third-order valence-electron chi connectivity index (χ3n) is 6.75. The second-order valence-electron chi connectivity index (χ2n) is 8.61. The molecular formula is C20H26ClN3O2. The van der Waals surface area contributed by atoms with Crippen molar-refractivity contribution < 1.29 is 9.59 Å². The Kier molecular flexibility index (Phi) is 4.68. The number of nitrogens with zero attached hydrogens (tertiary/aromatic N) is 1. The van der Waals surface area contributed by atoms with Gasteiger partial charge in [0.2, 0.25) is 5.91 Å². The molecule has 4 fully saturated rings. The van der Waals surface area contributed by atoms with Crippen LogP contribution in [0.3, 0.4) is 0 Å². The molecule has 1 aromatic rings. The molecule has 4 aliphatic carbocycles. The Morgan fingerprint density at radius 3 is 2.42 bits per heavy atom. The van der Waals surface area contributed by atoms with Crippen LogP contribution in [0.2, 0.25) is 5.02 Å². The zero-order valence-electron chi connectivity index (χ0n) is 15.1. The molecule has 1 aromatic heterocycles. The molecule has 0 aromatic carbocycles. The van der Waals surface area contributed by atoms with E-state index in [0.29, 0.717) is 5.02 Å². The SMILES string of the molecule is C[C@@H](NC(=O)CNC(=O)c1cc(Cl)ccn1)C12CC3CC(CC(C3)C1)C2. The van der Waals surface area contributed by atoms with Crippen molar-refractivity contribution in [2.24, 2.45) is 23.2 Å². The third kappa shape index (κ3) is 3.46. The Hall–Kier alpha value is -1.62. The Bertz CT molecular complexity index is 685. The van der Waals surface area contributed by atoms with Crippen LogP contribution in [0.25, 0.3) is 0 Å². The van der Waals surface area contributed by atoms with E-state index in [9.17, 15) is 9.59 Å². The number of rotatable bonds is 5. The summed E-state index contributed by atoms with van der Waals surface area (Å²) < 4.78 is 0. The Morgan fingerprint density at radius 2 is 1.85 bits per heavy atom. The van der Waals surface area contributed by atoms with Gasteiger partial charge in [-0.25, -0.2) is 0 Å². The summed E-state index contributed by atoms with van der Waals surface area (Å²) in [5.41, 5.74) is 0.488. The second kappa shape index (κ2) is 6.84. The van der Waals surface area contributed by atoms with E-state index in [-0.39, 0.29) is 35.5 Å². The molecule has 5 rings (SSSR count). The molecule has 6 heteroatoms. The Balaban J connectivity index is 1.31. The summed E-state index contributed by atoms with van der Waals surface area (Å²) in [7, 11) is 0. The molecule has 140 valence electrons. The van der Waals surface area contributed by atoms with E-state index in [1.165, 1.54) is 50.8 Å². The second-order valence-corrected chi connectivity index (χ2v) is 9.05. The molecular weight excluding hydrogens is 350 g/mol. The number of nitrogens with one attached hydrogen (secondary N) is 2. The van der Waals surface area contributed by atoms with Gasteiger partial charge in [0.25, 0.3) is 5.91 Å². The van der Waals surface area contributed by atoms with E-state index >= 15 is 0 Å². The maximum atomic E-state index is 12.4. The summed E-state index contributed by atoms with van der Waals surface area (Å²) in [5, 5.41) is 6.24. The van der Waals surface area contributed by atoms with Crippen molar-refractivity contribution in [1.29, 1.82) is 0 Å². The molecule has 4 aliphatic rings. The van der Waals surface area contributed by atoms with Crippen LogP contribution >= 0.6 is 11.6 Å². The van der Waals surface area contributed by atoms with Gasteiger partial charge in [0.05, 0.1) is 6.54 Å². The minimum Gasteiger partial charge on any atom is -0.352 e. The van der Waals surface area contributed by atoms with Crippen molar-refractivity contribution in [3.8, 4) is 0 Å². The van der Waals surface area contributed by atoms with Gasteiger partial charge in [0.15, 0.2) is 0 Å². The molecule has 0 saturated heterocycles. The van der Waals surface area contributed by atoms with Gasteiger partial charge in [0.1, 0.15) is 5.69 Å². The highest BCUT2D eigenvalue weighted by Crippen LogP contribution is 2.61. The molecule has 0 spiro atoms. The monoisotopic (exact) mass is 375 g/mol. The van der Waals surface area contributed by atoms with Crippen molar-refractivity contribution in [3.05, 3.63) is 29.0 Å². The van der Waals surface area contributed by atoms with Crippen LogP contribution in [0.5, 0.6) is 0 Å². The molecule has 5 nitrogen and oxygen atoms in total. The first kappa shape index (κ1) is 17.8. The molecule has 1 heterocycles. The largest absolute Gasteiger partial charge is 0.352 e. The van der Waals surface area contributed by atoms with Gasteiger partial charge in [-0.15, -0.1) is 0 Å². The van der Waals surface area contributed by atoms with Gasteiger partial charge in [-0.1, -0.05) is 11.6 Å². The van der Waals surface area contributed by atoms with Crippen LogP contribution in [0, 0.1) is 23.2 Å². The predicted molar refractivity (Wildman–Crippen MR) is 99.8 cm³/mol. The number of hydrogen-bond donors (Lipinski definition) is 2. The highest BCUT2D eigenvalue weighted by molar-refractivity contribution is 6.30. The lowest BCUT2D eigenvalue weighted by molar-refractivity contribution is -0.124. The van der Waals surface area contributed by atoms with Gasteiger partial charge >= 0.3 is 0 Å². The summed E-state index contributed by atoms with van der Waals surface area (Å²) in [6.07, 6.45) is 9.40. The fraction of sp³-hybridized carbons (Fsp3) is 0.650. The van der Waals surface area contributed by atoms with Gasteiger partial charge in [-0.05, 0) is 80.8 Å². The maximum absolute atomic E-state index is 12.4. The standard InChI is InChI=1S/C20H26ClN3O2/c1-12(20-8-13-4-14(9-20)6-15(5-13)10-20)24-18(25)11-23-19(26)17-7-16(21)2-3-22-17/h2-3,7,12-15H,4-6,8-11H2,1H3,(H,23,26)(H,24,25)/t12-,13?,14?,15?,20?/m1/s1. The number of pyridine rings is 1. The average molecular weight is 376 g/mol. The van der Waals surface area contributed by atoms with E-state index in [4.69, 9.17) is 11.6 Å². The first-order valence-corrected chi connectivity index (χ1v) is 10.0. The number of carbonyl (C=O) groups is 2. The van der Waals surface area contributed by atoms with Crippen molar-refractivity contribution in [2.75, 3.05) is 6.54 Å². The molecule has 0 aliphatic heterocycles. The topological polar surface area (TPSA) is 71.1 Å². The van der Waals surface area contributed by atoms with Crippen LogP contribution in [-0.4, -0.2) is 29.4 Å². The fourth-order valence-electron chi connectivity index (χ4n) is 5.93. The molecule has 0 unspecified atom stereocenters. The minimum atomic E-state index is -0.384. The lowest BCUT2D eigenvalue weighted by Gasteiger charge is -2.59. The van der Waals surface area contributed by atoms with Crippen molar-refractivity contribution in [2.45, 2.75) is 51.5 Å². The van der Waals surface area contributed by atoms with E-state index in [1.54, 1.807) is 6.07 Å². The van der Waals surface area contributed by atoms with E-state index < -0.39 is 0 Å². The summed E-state index contributed by atoms with van der Waals surface area (Å²) in [6, 6.07) is 3.26. The van der Waals surface area contributed by atoms with Crippen LogP contribution in [0.1, 0.15) is 55.9 Å². The Morgan fingerprint density at radius 1 is 1.23 bits per heavy atom. The summed E-state index contributed by atoms with van der Waals surface area (Å²) in [4.78, 5) is 28.5. The van der Waals surface area contributed by atoms with Gasteiger partial charge in [-0.2, -0.15) is 0 Å². The minimum absolute atomic E-state index is 0.0380. The molecule has 4 bridgehead atoms. The number of amides is 2. The highest BCUT2D eigenvalue weighted by atomic mass is 35.5. The first-order chi connectivity index (χ1) is 12.4. The van der Waals surface area contributed by atoms with E-state index in [1.807, 2.05) is 0 Å². The first-order valence-electron chi connectivity index (χ1n) is 9.63. The average Bonchev–Trinajstić information content (AvgIpc) is 2.58. The van der Waals surface area contributed by atoms with E-state index in [2.05, 4.69) is 22.5 Å². The quantitative estimate of drug-likeness (QED) is 0.830. The number of aromatic nitrogens is 1. The zero-order chi connectivity index (χ0) is 18.3. The molecule has 2 N–H and O–H groups in total. The van der Waals surface area contributed by atoms with Crippen LogP contribution < -0.4 is 10.6 Å². The Labute approximate surface area is 159 Å². The molecule has 2 amide bonds. The highest BCUT2D eigenvalue weighted by Gasteiger charge is 2.53. The van der Waals surface area contributed by atoms with Gasteiger partial charge in [-0.3, -0.25) is 14.6 Å². The predicted octanol–water partition coefficient (Wildman–Crippen LogP) is 3.19. The van der Waals surface area contributed by atoms with Crippen molar-refractivity contribution in [3.63, 3.8) is 0 Å². The van der Waals surface area contributed by atoms with Gasteiger partial charge < -0.3 is 10.6 Å². The lowest BCUT2D eigenvalue weighted by atomic mass is 9.48. The third-order valence-corrected chi connectivity index (χ3v) is 6.98. The summed E-state index contributed by atoms with van der Waals surface area (Å²) in [5.74, 6) is 2.05. The summed E-state index contributed by atoms with van der Waals surface area (Å²) in [6.45, 7) is 2.11. The molecule has 1 atom stereocenters. The number of carbonyl (C=O) groups excluding carboxylic acids is 2. The van der Waals surface area contributed by atoms with Crippen LogP contribution in [0.4, 0.5) is 0 Å². The zero-order valence-corrected chi connectivity index (χ0v) is 15.9. The van der Waals surface area contributed by atoms with E-state index in [0.717, 1.165) is 17.8 Å². The van der Waals surface area contributed by atoms with Crippen LogP contribution in [-0.2, 0) is 4.79 Å². The molecule has 0 radical (unpaired) electrons. The molecule has 4 saturated carbocycles. The number of hydrogen-bond acceptors (Lipinski definition) is 3. The smallest absolute Gasteiger partial charge is 0.270 e. The van der Waals surface area contributed by atoms with Crippen molar-refractivity contribution in [1.82, 2.24) is 15.6 Å². The normalized spacial score (nSPS) is 32.9.